The van der Waals surface area contributed by atoms with E-state index in [4.69, 9.17) is 14.0 Å². The van der Waals surface area contributed by atoms with Gasteiger partial charge in [0.15, 0.2) is 5.82 Å². The second-order valence-electron chi connectivity index (χ2n) is 6.77. The molecule has 1 fully saturated rings. The van der Waals surface area contributed by atoms with Gasteiger partial charge in [0.2, 0.25) is 5.91 Å². The Morgan fingerprint density at radius 1 is 1.30 bits per heavy atom. The van der Waals surface area contributed by atoms with E-state index < -0.39 is 0 Å². The van der Waals surface area contributed by atoms with E-state index in [9.17, 15) is 4.79 Å². The maximum Gasteiger partial charge on any atom is 0.255 e. The number of anilines is 1. The Labute approximate surface area is 159 Å². The molecule has 0 bridgehead atoms. The summed E-state index contributed by atoms with van der Waals surface area (Å²) in [7, 11) is 1.56. The lowest BCUT2D eigenvalue weighted by atomic mass is 9.97. The number of nitrogens with zero attached hydrogens (tertiary/aromatic N) is 2. The van der Waals surface area contributed by atoms with Crippen LogP contribution in [0.5, 0.6) is 5.75 Å². The number of amides is 1. The molecule has 0 saturated heterocycles. The van der Waals surface area contributed by atoms with E-state index in [1.165, 1.54) is 19.3 Å². The van der Waals surface area contributed by atoms with Crippen LogP contribution in [0.2, 0.25) is 0 Å². The Morgan fingerprint density at radius 3 is 2.81 bits per heavy atom. The monoisotopic (exact) mass is 373 g/mol. The molecular weight excluding hydrogens is 346 g/mol. The number of carbonyl (C=O) groups is 1. The SMILES string of the molecule is CCC(OC1CCCCC1)c1nc(CC(=O)Nc2ccccc2OC)no1. The van der Waals surface area contributed by atoms with Crippen LogP contribution < -0.4 is 10.1 Å². The summed E-state index contributed by atoms with van der Waals surface area (Å²) in [5, 5.41) is 6.76. The van der Waals surface area contributed by atoms with Gasteiger partial charge in [-0.05, 0) is 31.4 Å². The summed E-state index contributed by atoms with van der Waals surface area (Å²) >= 11 is 0. The van der Waals surface area contributed by atoms with E-state index in [-0.39, 0.29) is 24.5 Å². The molecule has 0 radical (unpaired) electrons. The topological polar surface area (TPSA) is 86.5 Å². The lowest BCUT2D eigenvalue weighted by Gasteiger charge is -2.25. The number of hydrogen-bond donors (Lipinski definition) is 1. The van der Waals surface area contributed by atoms with Crippen molar-refractivity contribution in [2.45, 2.75) is 64.1 Å². The third-order valence-corrected chi connectivity index (χ3v) is 4.74. The van der Waals surface area contributed by atoms with Crippen LogP contribution in [0.25, 0.3) is 0 Å². The highest BCUT2D eigenvalue weighted by atomic mass is 16.5. The van der Waals surface area contributed by atoms with Crippen LogP contribution in [0.4, 0.5) is 5.69 Å². The van der Waals surface area contributed by atoms with Crippen LogP contribution in [0, 0.1) is 0 Å². The summed E-state index contributed by atoms with van der Waals surface area (Å²) < 4.78 is 16.8. The smallest absolute Gasteiger partial charge is 0.255 e. The number of nitrogens with one attached hydrogen (secondary N) is 1. The van der Waals surface area contributed by atoms with Crippen molar-refractivity contribution in [2.75, 3.05) is 12.4 Å². The molecule has 1 unspecified atom stereocenters. The minimum absolute atomic E-state index is 0.0292. The maximum atomic E-state index is 12.3. The standard InChI is InChI=1S/C20H27N3O4/c1-3-16(26-14-9-5-4-6-10-14)20-22-18(23-27-20)13-19(24)21-15-11-7-8-12-17(15)25-2/h7-8,11-12,14,16H,3-6,9-10,13H2,1-2H3,(H,21,24). The van der Waals surface area contributed by atoms with Gasteiger partial charge in [0.25, 0.3) is 5.89 Å². The first kappa shape index (κ1) is 19.4. The lowest BCUT2D eigenvalue weighted by Crippen LogP contribution is -2.20. The van der Waals surface area contributed by atoms with Crippen molar-refractivity contribution in [3.63, 3.8) is 0 Å². The summed E-state index contributed by atoms with van der Waals surface area (Å²) in [5.74, 6) is 1.17. The van der Waals surface area contributed by atoms with Gasteiger partial charge in [-0.2, -0.15) is 4.98 Å². The Hall–Kier alpha value is -2.41. The first-order chi connectivity index (χ1) is 13.2. The molecule has 1 amide bonds. The average molecular weight is 373 g/mol. The second kappa shape index (κ2) is 9.50. The molecule has 2 aromatic rings. The van der Waals surface area contributed by atoms with Crippen LogP contribution in [0.1, 0.15) is 63.3 Å². The van der Waals surface area contributed by atoms with Crippen molar-refractivity contribution in [1.29, 1.82) is 0 Å². The van der Waals surface area contributed by atoms with Crippen molar-refractivity contribution in [3.05, 3.63) is 36.0 Å². The minimum atomic E-state index is -0.229. The minimum Gasteiger partial charge on any atom is -0.495 e. The van der Waals surface area contributed by atoms with Gasteiger partial charge >= 0.3 is 0 Å². The molecule has 1 heterocycles. The number of methoxy groups -OCH3 is 1. The molecule has 3 rings (SSSR count). The highest BCUT2D eigenvalue weighted by molar-refractivity contribution is 5.93. The van der Waals surface area contributed by atoms with Gasteiger partial charge in [0.05, 0.1) is 25.3 Å². The largest absolute Gasteiger partial charge is 0.495 e. The molecule has 1 aliphatic carbocycles. The predicted molar refractivity (Wildman–Crippen MR) is 101 cm³/mol. The van der Waals surface area contributed by atoms with Gasteiger partial charge in [-0.25, -0.2) is 0 Å². The molecule has 1 atom stereocenters. The molecule has 1 N–H and O–H groups in total. The quantitative estimate of drug-likeness (QED) is 0.751. The molecule has 7 nitrogen and oxygen atoms in total. The van der Waals surface area contributed by atoms with Crippen molar-refractivity contribution in [1.82, 2.24) is 10.1 Å². The normalized spacial score (nSPS) is 16.1. The fraction of sp³-hybridized carbons (Fsp3) is 0.550. The van der Waals surface area contributed by atoms with Gasteiger partial charge in [0.1, 0.15) is 11.9 Å². The molecule has 7 heteroatoms. The van der Waals surface area contributed by atoms with E-state index in [2.05, 4.69) is 15.5 Å². The first-order valence-electron chi connectivity index (χ1n) is 9.60. The highest BCUT2D eigenvalue weighted by Gasteiger charge is 2.24. The number of para-hydroxylation sites is 2. The zero-order chi connectivity index (χ0) is 19.1. The third-order valence-electron chi connectivity index (χ3n) is 4.74. The van der Waals surface area contributed by atoms with Gasteiger partial charge in [0, 0.05) is 0 Å². The van der Waals surface area contributed by atoms with Crippen LogP contribution in [0.15, 0.2) is 28.8 Å². The number of rotatable bonds is 8. The molecule has 0 aliphatic heterocycles. The van der Waals surface area contributed by atoms with E-state index in [1.807, 2.05) is 19.1 Å². The maximum absolute atomic E-state index is 12.3. The van der Waals surface area contributed by atoms with Crippen LogP contribution in [-0.4, -0.2) is 29.3 Å². The third kappa shape index (κ3) is 5.29. The van der Waals surface area contributed by atoms with Gasteiger partial charge in [-0.1, -0.05) is 43.5 Å². The number of ether oxygens (including phenoxy) is 2. The summed E-state index contributed by atoms with van der Waals surface area (Å²) in [6.07, 6.45) is 6.69. The molecule has 1 aliphatic rings. The Balaban J connectivity index is 1.58. The highest BCUT2D eigenvalue weighted by Crippen LogP contribution is 2.28. The summed E-state index contributed by atoms with van der Waals surface area (Å²) in [6, 6.07) is 7.25. The molecule has 27 heavy (non-hydrogen) atoms. The molecule has 1 aromatic carbocycles. The molecule has 0 spiro atoms. The predicted octanol–water partition coefficient (Wildman–Crippen LogP) is 4.06. The Kier molecular flexibility index (Phi) is 6.81. The van der Waals surface area contributed by atoms with Crippen LogP contribution in [0.3, 0.4) is 0 Å². The molecular formula is C20H27N3O4. The van der Waals surface area contributed by atoms with Crippen molar-refractivity contribution < 1.29 is 18.8 Å². The molecule has 1 saturated carbocycles. The van der Waals surface area contributed by atoms with E-state index in [1.54, 1.807) is 19.2 Å². The fourth-order valence-corrected chi connectivity index (χ4v) is 3.32. The number of benzene rings is 1. The summed E-state index contributed by atoms with van der Waals surface area (Å²) in [5.41, 5.74) is 0.612. The average Bonchev–Trinajstić information content (AvgIpc) is 3.15. The first-order valence-corrected chi connectivity index (χ1v) is 9.60. The zero-order valence-corrected chi connectivity index (χ0v) is 15.9. The number of aromatic nitrogens is 2. The van der Waals surface area contributed by atoms with Gasteiger partial charge in [-0.3, -0.25) is 4.79 Å². The summed E-state index contributed by atoms with van der Waals surface area (Å²) in [4.78, 5) is 16.7. The number of hydrogen-bond acceptors (Lipinski definition) is 6. The van der Waals surface area contributed by atoms with Gasteiger partial charge < -0.3 is 19.3 Å². The molecule has 1 aromatic heterocycles. The van der Waals surface area contributed by atoms with Gasteiger partial charge in [-0.15, -0.1) is 0 Å². The fourth-order valence-electron chi connectivity index (χ4n) is 3.32. The number of carbonyl (C=O) groups excluding carboxylic acids is 1. The molecule has 146 valence electrons. The van der Waals surface area contributed by atoms with E-state index >= 15 is 0 Å². The zero-order valence-electron chi connectivity index (χ0n) is 15.9. The van der Waals surface area contributed by atoms with Crippen LogP contribution >= 0.6 is 0 Å². The van der Waals surface area contributed by atoms with Crippen LogP contribution in [-0.2, 0) is 16.0 Å². The van der Waals surface area contributed by atoms with E-state index in [0.717, 1.165) is 19.3 Å². The second-order valence-corrected chi connectivity index (χ2v) is 6.77. The van der Waals surface area contributed by atoms with E-state index in [0.29, 0.717) is 23.2 Å². The van der Waals surface area contributed by atoms with Crippen molar-refractivity contribution in [2.24, 2.45) is 0 Å². The Bertz CT molecular complexity index is 740. The van der Waals surface area contributed by atoms with Crippen molar-refractivity contribution >= 4 is 11.6 Å². The lowest BCUT2D eigenvalue weighted by molar-refractivity contribution is -0.115. The van der Waals surface area contributed by atoms with Crippen molar-refractivity contribution in [3.8, 4) is 5.75 Å². The Morgan fingerprint density at radius 2 is 2.07 bits per heavy atom. The summed E-state index contributed by atoms with van der Waals surface area (Å²) in [6.45, 7) is 2.03.